The molecule has 0 bridgehead atoms. The molecule has 0 saturated carbocycles. The van der Waals surface area contributed by atoms with Gasteiger partial charge in [0.25, 0.3) is 5.69 Å². The summed E-state index contributed by atoms with van der Waals surface area (Å²) in [6, 6.07) is 12.6. The van der Waals surface area contributed by atoms with E-state index in [4.69, 9.17) is 0 Å². The second kappa shape index (κ2) is 5.65. The molecule has 4 heteroatoms. The lowest BCUT2D eigenvalue weighted by molar-refractivity contribution is -0.385. The van der Waals surface area contributed by atoms with Gasteiger partial charge in [-0.2, -0.15) is 0 Å². The molecule has 0 amide bonds. The van der Waals surface area contributed by atoms with Crippen LogP contribution in [0.25, 0.3) is 11.1 Å². The number of nitro benzene ring substituents is 1. The standard InChI is InChI=1S/C16H15NO3/c1-11(2)12-3-5-13(6-4-12)14-7-8-15(10-18)16(9-14)17(19)20/h3-11H,1-2H3. The molecule has 0 heterocycles. The van der Waals surface area contributed by atoms with Gasteiger partial charge in [-0.3, -0.25) is 14.9 Å². The van der Waals surface area contributed by atoms with Crippen molar-refractivity contribution in [3.8, 4) is 11.1 Å². The van der Waals surface area contributed by atoms with Gasteiger partial charge in [0.05, 0.1) is 10.5 Å². The fourth-order valence-corrected chi connectivity index (χ4v) is 2.04. The summed E-state index contributed by atoms with van der Waals surface area (Å²) in [6.45, 7) is 4.22. The van der Waals surface area contributed by atoms with Gasteiger partial charge in [0.15, 0.2) is 6.29 Å². The Hall–Kier alpha value is -2.49. The number of aldehydes is 1. The number of nitro groups is 1. The molecular formula is C16H15NO3. The third kappa shape index (κ3) is 2.74. The van der Waals surface area contributed by atoms with Crippen LogP contribution in [-0.2, 0) is 0 Å². The molecule has 0 aliphatic rings. The maximum absolute atomic E-state index is 11.0. The average Bonchev–Trinajstić information content (AvgIpc) is 2.46. The van der Waals surface area contributed by atoms with Crippen LogP contribution in [0, 0.1) is 10.1 Å². The van der Waals surface area contributed by atoms with Crippen molar-refractivity contribution in [3.63, 3.8) is 0 Å². The molecule has 0 N–H and O–H groups in total. The van der Waals surface area contributed by atoms with Crippen molar-refractivity contribution < 1.29 is 9.72 Å². The number of carbonyl (C=O) groups is 1. The number of benzene rings is 2. The van der Waals surface area contributed by atoms with E-state index in [-0.39, 0.29) is 11.3 Å². The van der Waals surface area contributed by atoms with E-state index in [1.54, 1.807) is 6.07 Å². The highest BCUT2D eigenvalue weighted by molar-refractivity contribution is 5.84. The fourth-order valence-electron chi connectivity index (χ4n) is 2.04. The number of hydrogen-bond acceptors (Lipinski definition) is 3. The largest absolute Gasteiger partial charge is 0.298 e. The Morgan fingerprint density at radius 3 is 2.15 bits per heavy atom. The molecule has 0 fully saturated rings. The average molecular weight is 269 g/mol. The minimum absolute atomic E-state index is 0.0950. The zero-order valence-corrected chi connectivity index (χ0v) is 11.4. The van der Waals surface area contributed by atoms with Crippen molar-refractivity contribution in [2.24, 2.45) is 0 Å². The summed E-state index contributed by atoms with van der Waals surface area (Å²) in [6.07, 6.45) is 0.504. The van der Waals surface area contributed by atoms with E-state index in [2.05, 4.69) is 13.8 Å². The molecule has 0 aliphatic heterocycles. The first-order valence-electron chi connectivity index (χ1n) is 6.37. The monoisotopic (exact) mass is 269 g/mol. The van der Waals surface area contributed by atoms with Crippen molar-refractivity contribution in [2.75, 3.05) is 0 Å². The van der Waals surface area contributed by atoms with Crippen LogP contribution < -0.4 is 0 Å². The highest BCUT2D eigenvalue weighted by Crippen LogP contribution is 2.27. The molecule has 0 saturated heterocycles. The zero-order chi connectivity index (χ0) is 14.7. The predicted molar refractivity (Wildman–Crippen MR) is 78.0 cm³/mol. The summed E-state index contributed by atoms with van der Waals surface area (Å²) in [5, 5.41) is 11.0. The smallest absolute Gasteiger partial charge is 0.280 e. The third-order valence-corrected chi connectivity index (χ3v) is 3.26. The van der Waals surface area contributed by atoms with Crippen LogP contribution in [0.3, 0.4) is 0 Å². The summed E-state index contributed by atoms with van der Waals surface area (Å²) < 4.78 is 0. The van der Waals surface area contributed by atoms with E-state index in [1.807, 2.05) is 24.3 Å². The van der Waals surface area contributed by atoms with Crippen LogP contribution in [0.15, 0.2) is 42.5 Å². The normalized spacial score (nSPS) is 10.6. The first kappa shape index (κ1) is 13.9. The first-order chi connectivity index (χ1) is 9.52. The lowest BCUT2D eigenvalue weighted by Crippen LogP contribution is -1.95. The number of nitrogens with zero attached hydrogens (tertiary/aromatic N) is 1. The molecular weight excluding hydrogens is 254 g/mol. The van der Waals surface area contributed by atoms with E-state index in [9.17, 15) is 14.9 Å². The van der Waals surface area contributed by atoms with Crippen LogP contribution in [0.4, 0.5) is 5.69 Å². The number of carbonyl (C=O) groups excluding carboxylic acids is 1. The second-order valence-electron chi connectivity index (χ2n) is 4.93. The van der Waals surface area contributed by atoms with Crippen molar-refractivity contribution in [1.29, 1.82) is 0 Å². The van der Waals surface area contributed by atoms with Crippen molar-refractivity contribution in [1.82, 2.24) is 0 Å². The van der Waals surface area contributed by atoms with Gasteiger partial charge in [-0.05, 0) is 28.7 Å². The van der Waals surface area contributed by atoms with Crippen molar-refractivity contribution in [2.45, 2.75) is 19.8 Å². The second-order valence-corrected chi connectivity index (χ2v) is 4.93. The van der Waals surface area contributed by atoms with Gasteiger partial charge in [0.1, 0.15) is 0 Å². The molecule has 0 spiro atoms. The Kier molecular flexibility index (Phi) is 3.94. The van der Waals surface area contributed by atoms with E-state index < -0.39 is 4.92 Å². The maximum atomic E-state index is 11.0. The number of rotatable bonds is 4. The van der Waals surface area contributed by atoms with E-state index in [0.29, 0.717) is 12.2 Å². The van der Waals surface area contributed by atoms with E-state index in [1.165, 1.54) is 17.7 Å². The fraction of sp³-hybridized carbons (Fsp3) is 0.188. The minimum atomic E-state index is -0.532. The van der Waals surface area contributed by atoms with Gasteiger partial charge in [-0.15, -0.1) is 0 Å². The molecule has 0 radical (unpaired) electrons. The van der Waals surface area contributed by atoms with Crippen LogP contribution in [0.5, 0.6) is 0 Å². The Bertz CT molecular complexity index is 645. The summed E-state index contributed by atoms with van der Waals surface area (Å²) in [5.74, 6) is 0.441. The van der Waals surface area contributed by atoms with Gasteiger partial charge in [-0.25, -0.2) is 0 Å². The highest BCUT2D eigenvalue weighted by atomic mass is 16.6. The number of hydrogen-bond donors (Lipinski definition) is 0. The van der Waals surface area contributed by atoms with Gasteiger partial charge in [0, 0.05) is 6.07 Å². The van der Waals surface area contributed by atoms with Gasteiger partial charge in [0.2, 0.25) is 0 Å². The van der Waals surface area contributed by atoms with Gasteiger partial charge < -0.3 is 0 Å². The molecule has 4 nitrogen and oxygen atoms in total. The maximum Gasteiger partial charge on any atom is 0.280 e. The Morgan fingerprint density at radius 2 is 1.65 bits per heavy atom. The summed E-state index contributed by atoms with van der Waals surface area (Å²) >= 11 is 0. The Morgan fingerprint density at radius 1 is 1.05 bits per heavy atom. The summed E-state index contributed by atoms with van der Waals surface area (Å²) in [4.78, 5) is 21.2. The zero-order valence-electron chi connectivity index (χ0n) is 11.4. The van der Waals surface area contributed by atoms with Crippen LogP contribution >= 0.6 is 0 Å². The third-order valence-electron chi connectivity index (χ3n) is 3.26. The summed E-state index contributed by atoms with van der Waals surface area (Å²) in [7, 11) is 0. The van der Waals surface area contributed by atoms with Crippen LogP contribution in [0.2, 0.25) is 0 Å². The van der Waals surface area contributed by atoms with E-state index in [0.717, 1.165) is 11.1 Å². The summed E-state index contributed by atoms with van der Waals surface area (Å²) in [5.41, 5.74) is 2.78. The highest BCUT2D eigenvalue weighted by Gasteiger charge is 2.14. The van der Waals surface area contributed by atoms with Gasteiger partial charge >= 0.3 is 0 Å². The quantitative estimate of drug-likeness (QED) is 0.475. The van der Waals surface area contributed by atoms with Crippen molar-refractivity contribution in [3.05, 3.63) is 63.7 Å². The molecule has 102 valence electrons. The van der Waals surface area contributed by atoms with Crippen molar-refractivity contribution >= 4 is 12.0 Å². The molecule has 2 aromatic rings. The lowest BCUT2D eigenvalue weighted by atomic mass is 9.98. The van der Waals surface area contributed by atoms with E-state index >= 15 is 0 Å². The van der Waals surface area contributed by atoms with Crippen LogP contribution in [-0.4, -0.2) is 11.2 Å². The molecule has 20 heavy (non-hydrogen) atoms. The Labute approximate surface area is 117 Å². The molecule has 2 aromatic carbocycles. The predicted octanol–water partition coefficient (Wildman–Crippen LogP) is 4.20. The minimum Gasteiger partial charge on any atom is -0.298 e. The first-order valence-corrected chi connectivity index (χ1v) is 6.37. The lowest BCUT2D eigenvalue weighted by Gasteiger charge is -2.07. The topological polar surface area (TPSA) is 60.2 Å². The molecule has 0 aliphatic carbocycles. The Balaban J connectivity index is 2.45. The molecule has 2 rings (SSSR count). The molecule has 0 atom stereocenters. The van der Waals surface area contributed by atoms with Crippen LogP contribution in [0.1, 0.15) is 35.7 Å². The molecule has 0 aromatic heterocycles. The molecule has 0 unspecified atom stereocenters. The SMILES string of the molecule is CC(C)c1ccc(-c2ccc(C=O)c([N+](=O)[O-])c2)cc1. The van der Waals surface area contributed by atoms with Gasteiger partial charge in [-0.1, -0.05) is 44.2 Å².